The molecule has 1 saturated carbocycles. The third-order valence-corrected chi connectivity index (χ3v) is 6.64. The predicted octanol–water partition coefficient (Wildman–Crippen LogP) is 6.34. The van der Waals surface area contributed by atoms with E-state index >= 15 is 0 Å². The van der Waals surface area contributed by atoms with Gasteiger partial charge in [0.1, 0.15) is 5.69 Å². The molecule has 9 heteroatoms. The van der Waals surface area contributed by atoms with Gasteiger partial charge in [-0.05, 0) is 56.0 Å². The number of halogens is 2. The van der Waals surface area contributed by atoms with E-state index in [0.717, 1.165) is 31.6 Å². The molecule has 2 aromatic rings. The van der Waals surface area contributed by atoms with Gasteiger partial charge in [-0.3, -0.25) is 4.98 Å². The number of nitrogens with one attached hydrogen (secondary N) is 1. The van der Waals surface area contributed by atoms with Crippen LogP contribution in [-0.4, -0.2) is 53.2 Å². The molecule has 210 valence electrons. The third-order valence-electron chi connectivity index (χ3n) is 6.64. The van der Waals surface area contributed by atoms with Crippen molar-refractivity contribution < 1.29 is 23.4 Å². The maximum absolute atomic E-state index is 12.9. The van der Waals surface area contributed by atoms with Crippen molar-refractivity contribution in [3.05, 3.63) is 47.9 Å². The van der Waals surface area contributed by atoms with Gasteiger partial charge in [-0.1, -0.05) is 57.9 Å². The molecule has 0 unspecified atom stereocenters. The summed E-state index contributed by atoms with van der Waals surface area (Å²) in [5, 5.41) is 12.4. The van der Waals surface area contributed by atoms with Gasteiger partial charge in [0.2, 0.25) is 5.88 Å². The zero-order valence-electron chi connectivity index (χ0n) is 22.5. The zero-order chi connectivity index (χ0) is 27.2. The fraction of sp³-hybridized carbons (Fsp3) is 0.621. The normalized spacial score (nSPS) is 15.8. The van der Waals surface area contributed by atoms with Gasteiger partial charge in [0.05, 0.1) is 25.4 Å². The van der Waals surface area contributed by atoms with E-state index in [9.17, 15) is 13.6 Å². The number of carbonyl (C=O) groups is 1. The van der Waals surface area contributed by atoms with Crippen LogP contribution in [0.3, 0.4) is 0 Å². The molecule has 0 amide bonds. The van der Waals surface area contributed by atoms with Gasteiger partial charge in [0.15, 0.2) is 5.69 Å². The molecule has 38 heavy (non-hydrogen) atoms. The largest absolute Gasteiger partial charge is 0.477 e. The van der Waals surface area contributed by atoms with E-state index in [4.69, 9.17) is 9.84 Å². The Balaban J connectivity index is 0.000000212. The maximum atomic E-state index is 12.9. The Morgan fingerprint density at radius 1 is 1.08 bits per heavy atom. The van der Waals surface area contributed by atoms with E-state index in [1.54, 1.807) is 0 Å². The number of pyridine rings is 2. The summed E-state index contributed by atoms with van der Waals surface area (Å²) in [6.07, 6.45) is 15.1. The van der Waals surface area contributed by atoms with E-state index in [1.165, 1.54) is 68.4 Å². The van der Waals surface area contributed by atoms with E-state index < -0.39 is 11.9 Å². The van der Waals surface area contributed by atoms with Crippen LogP contribution in [0, 0.1) is 5.92 Å². The van der Waals surface area contributed by atoms with Crippen LogP contribution in [0.4, 0.5) is 14.5 Å². The predicted molar refractivity (Wildman–Crippen MR) is 145 cm³/mol. The fourth-order valence-electron chi connectivity index (χ4n) is 4.17. The van der Waals surface area contributed by atoms with Gasteiger partial charge in [-0.15, -0.1) is 0 Å². The number of hydrogen-bond donors (Lipinski definition) is 2. The number of ether oxygens (including phenoxy) is 1. The lowest BCUT2D eigenvalue weighted by Crippen LogP contribution is -2.56. The molecule has 0 radical (unpaired) electrons. The average Bonchev–Trinajstić information content (AvgIpc) is 3.72. The Morgan fingerprint density at radius 3 is 2.39 bits per heavy atom. The summed E-state index contributed by atoms with van der Waals surface area (Å²) in [5.41, 5.74) is 1.42. The molecule has 0 spiro atoms. The molecule has 2 aromatic heterocycles. The van der Waals surface area contributed by atoms with Gasteiger partial charge in [-0.2, -0.15) is 0 Å². The lowest BCUT2D eigenvalue weighted by Gasteiger charge is -2.40. The quantitative estimate of drug-likeness (QED) is 0.244. The van der Waals surface area contributed by atoms with E-state index in [0.29, 0.717) is 18.2 Å². The molecular weight excluding hydrogens is 490 g/mol. The number of aromatic nitrogens is 2. The van der Waals surface area contributed by atoms with E-state index in [2.05, 4.69) is 28.3 Å². The molecular formula is C29H42F2N4O3. The van der Waals surface area contributed by atoms with Crippen molar-refractivity contribution in [1.29, 1.82) is 0 Å². The number of anilines is 1. The smallest absolute Gasteiger partial charge is 0.354 e. The number of unbranched alkanes of at least 4 members (excludes halogenated alkanes) is 7. The minimum Gasteiger partial charge on any atom is -0.477 e. The van der Waals surface area contributed by atoms with Crippen molar-refractivity contribution in [2.75, 3.05) is 31.1 Å². The SMILES string of the molecule is CCCCCCCCCCNCc1ccccn1.O=C(O)c1ccc(N2CC(F)(F)C2)c(OCC2CC2)n1. The second kappa shape index (κ2) is 15.6. The Hall–Kier alpha value is -2.81. The van der Waals surface area contributed by atoms with Crippen molar-refractivity contribution in [3.63, 3.8) is 0 Å². The van der Waals surface area contributed by atoms with Crippen LogP contribution < -0.4 is 15.0 Å². The molecule has 1 aliphatic carbocycles. The number of carboxylic acid groups (broad SMARTS) is 1. The summed E-state index contributed by atoms with van der Waals surface area (Å²) in [6, 6.07) is 8.86. The molecule has 3 heterocycles. The first-order chi connectivity index (χ1) is 18.4. The molecule has 2 fully saturated rings. The molecule has 2 aliphatic rings. The van der Waals surface area contributed by atoms with Crippen molar-refractivity contribution in [2.45, 2.75) is 83.6 Å². The summed E-state index contributed by atoms with van der Waals surface area (Å²) in [7, 11) is 0. The van der Waals surface area contributed by atoms with Crippen molar-refractivity contribution >= 4 is 11.7 Å². The molecule has 0 atom stereocenters. The van der Waals surface area contributed by atoms with E-state index in [1.807, 2.05) is 18.3 Å². The fourth-order valence-corrected chi connectivity index (χ4v) is 4.17. The highest BCUT2D eigenvalue weighted by atomic mass is 19.3. The minimum atomic E-state index is -2.70. The Bertz CT molecular complexity index is 966. The number of rotatable bonds is 16. The number of aromatic carboxylic acids is 1. The average molecular weight is 533 g/mol. The molecule has 2 N–H and O–H groups in total. The van der Waals surface area contributed by atoms with Gasteiger partial charge >= 0.3 is 5.97 Å². The van der Waals surface area contributed by atoms with Crippen LogP contribution in [0.15, 0.2) is 36.5 Å². The summed E-state index contributed by atoms with van der Waals surface area (Å²) in [4.78, 5) is 20.6. The summed E-state index contributed by atoms with van der Waals surface area (Å²) >= 11 is 0. The highest BCUT2D eigenvalue weighted by molar-refractivity contribution is 5.86. The first-order valence-electron chi connectivity index (χ1n) is 14.0. The monoisotopic (exact) mass is 532 g/mol. The lowest BCUT2D eigenvalue weighted by molar-refractivity contribution is -0.0265. The summed E-state index contributed by atoms with van der Waals surface area (Å²) < 4.78 is 31.4. The molecule has 0 bridgehead atoms. The van der Waals surface area contributed by atoms with Crippen LogP contribution in [-0.2, 0) is 6.54 Å². The topological polar surface area (TPSA) is 87.6 Å². The molecule has 0 aromatic carbocycles. The van der Waals surface area contributed by atoms with Gasteiger partial charge < -0.3 is 20.1 Å². The number of carboxylic acids is 1. The van der Waals surface area contributed by atoms with Gasteiger partial charge in [0.25, 0.3) is 5.92 Å². The van der Waals surface area contributed by atoms with Crippen molar-refractivity contribution in [3.8, 4) is 5.88 Å². The molecule has 1 saturated heterocycles. The molecule has 1 aliphatic heterocycles. The number of nitrogens with zero attached hydrogens (tertiary/aromatic N) is 3. The Morgan fingerprint density at radius 2 is 1.79 bits per heavy atom. The zero-order valence-corrected chi connectivity index (χ0v) is 22.5. The third kappa shape index (κ3) is 10.9. The lowest BCUT2D eigenvalue weighted by atomic mass is 10.1. The maximum Gasteiger partial charge on any atom is 0.354 e. The highest BCUT2D eigenvalue weighted by Gasteiger charge is 2.45. The summed E-state index contributed by atoms with van der Waals surface area (Å²) in [5.74, 6) is -3.26. The first kappa shape index (κ1) is 29.7. The summed E-state index contributed by atoms with van der Waals surface area (Å²) in [6.45, 7) is 3.96. The van der Waals surface area contributed by atoms with Gasteiger partial charge in [0, 0.05) is 12.7 Å². The van der Waals surface area contributed by atoms with Crippen LogP contribution in [0.2, 0.25) is 0 Å². The number of hydrogen-bond acceptors (Lipinski definition) is 6. The Labute approximate surface area is 225 Å². The second-order valence-corrected chi connectivity index (χ2v) is 10.3. The standard InChI is InChI=1S/C16H28N2.C13H14F2N2O3/c1-2-3-4-5-6-7-8-10-13-17-15-16-12-9-11-14-18-16;14-13(15)6-17(7-13)10-4-3-9(12(18)19)16-11(10)20-5-8-1-2-8/h9,11-12,14,17H,2-8,10,13,15H2,1H3;3-4,8H,1-2,5-7H2,(H,18,19). The highest BCUT2D eigenvalue weighted by Crippen LogP contribution is 2.37. The Kier molecular flexibility index (Phi) is 12.2. The van der Waals surface area contributed by atoms with Crippen LogP contribution >= 0.6 is 0 Å². The minimum absolute atomic E-state index is 0.132. The number of alkyl halides is 2. The van der Waals surface area contributed by atoms with Crippen LogP contribution in [0.5, 0.6) is 5.88 Å². The first-order valence-corrected chi connectivity index (χ1v) is 14.0. The molecule has 4 rings (SSSR count). The molecule has 7 nitrogen and oxygen atoms in total. The van der Waals surface area contributed by atoms with Crippen molar-refractivity contribution in [2.24, 2.45) is 5.92 Å². The van der Waals surface area contributed by atoms with E-state index in [-0.39, 0.29) is 24.7 Å². The van der Waals surface area contributed by atoms with Gasteiger partial charge in [-0.25, -0.2) is 18.6 Å². The second-order valence-electron chi connectivity index (χ2n) is 10.3. The van der Waals surface area contributed by atoms with Crippen LogP contribution in [0.25, 0.3) is 0 Å². The van der Waals surface area contributed by atoms with Crippen molar-refractivity contribution in [1.82, 2.24) is 15.3 Å². The van der Waals surface area contributed by atoms with Crippen LogP contribution in [0.1, 0.15) is 87.3 Å².